The molecular weight excluding hydrogens is 360 g/mol. The fourth-order valence-electron chi connectivity index (χ4n) is 2.28. The fourth-order valence-corrected chi connectivity index (χ4v) is 2.40. The maximum absolute atomic E-state index is 12.1. The molecule has 1 amide bonds. The first-order chi connectivity index (χ1) is 12.3. The summed E-state index contributed by atoms with van der Waals surface area (Å²) in [5, 5.41) is 14.8. The van der Waals surface area contributed by atoms with Gasteiger partial charge in [0.05, 0.1) is 11.4 Å². The first-order valence-corrected chi connectivity index (χ1v) is 8.40. The second kappa shape index (κ2) is 8.48. The van der Waals surface area contributed by atoms with Crippen LogP contribution in [0.25, 0.3) is 5.69 Å². The Bertz CT molecular complexity index is 945. The summed E-state index contributed by atoms with van der Waals surface area (Å²) in [6.45, 7) is 3.40. The summed E-state index contributed by atoms with van der Waals surface area (Å²) in [4.78, 5) is 38.0. The molecule has 0 unspecified atom stereocenters. The molecule has 1 aromatic heterocycles. The highest BCUT2D eigenvalue weighted by Gasteiger charge is 2.18. The van der Waals surface area contributed by atoms with Gasteiger partial charge in [0.15, 0.2) is 0 Å². The summed E-state index contributed by atoms with van der Waals surface area (Å²) < 4.78 is 0.922. The molecule has 8 nitrogen and oxygen atoms in total. The number of carbonyl (C=O) groups excluding carboxylic acids is 1. The van der Waals surface area contributed by atoms with E-state index >= 15 is 0 Å². The number of amides is 1. The van der Waals surface area contributed by atoms with Gasteiger partial charge in [-0.25, -0.2) is 14.8 Å². The lowest BCUT2D eigenvalue weighted by atomic mass is 10.2. The van der Waals surface area contributed by atoms with Crippen LogP contribution in [0, 0.1) is 0 Å². The number of carbonyl (C=O) groups is 1. The molecule has 2 rings (SSSR count). The number of hydrogen-bond donors (Lipinski definition) is 3. The molecule has 3 N–H and O–H groups in total. The first kappa shape index (κ1) is 19.5. The van der Waals surface area contributed by atoms with Gasteiger partial charge in [-0.1, -0.05) is 24.9 Å². The molecule has 0 saturated heterocycles. The zero-order valence-electron chi connectivity index (χ0n) is 14.4. The van der Waals surface area contributed by atoms with Gasteiger partial charge < -0.3 is 5.11 Å². The molecule has 0 bridgehead atoms. The topological polar surface area (TPSA) is 117 Å². The number of H-pyrrole nitrogens is 1. The van der Waals surface area contributed by atoms with Crippen LogP contribution < -0.4 is 16.7 Å². The number of aromatic amines is 1. The molecule has 9 heteroatoms. The Labute approximate surface area is 154 Å². The second-order valence-electron chi connectivity index (χ2n) is 5.61. The standard InChI is InChI=1S/C17H19ClN4O4/c1-3-4-5-13(23)21-20-10(2)14-15(24)19-17(26)22(16(14)25)12-8-6-11(18)7-9-12/h6-9,25H,3-5H2,1-2H3,(H,21,23)(H,19,24,26)/b20-10+. The van der Waals surface area contributed by atoms with Crippen LogP contribution in [0.2, 0.25) is 5.02 Å². The van der Waals surface area contributed by atoms with Crippen molar-refractivity contribution in [1.29, 1.82) is 0 Å². The summed E-state index contributed by atoms with van der Waals surface area (Å²) in [5.41, 5.74) is 0.888. The van der Waals surface area contributed by atoms with Gasteiger partial charge in [0.25, 0.3) is 5.56 Å². The van der Waals surface area contributed by atoms with Gasteiger partial charge in [-0.15, -0.1) is 0 Å². The van der Waals surface area contributed by atoms with Crippen molar-refractivity contribution < 1.29 is 9.90 Å². The van der Waals surface area contributed by atoms with E-state index in [-0.39, 0.29) is 17.2 Å². The molecule has 0 aliphatic carbocycles. The molecule has 0 atom stereocenters. The minimum atomic E-state index is -0.807. The number of aromatic nitrogens is 2. The molecule has 1 heterocycles. The summed E-state index contributed by atoms with van der Waals surface area (Å²) >= 11 is 5.83. The molecule has 2 aromatic rings. The minimum Gasteiger partial charge on any atom is -0.493 e. The molecule has 0 fully saturated rings. The van der Waals surface area contributed by atoms with Crippen LogP contribution in [0.4, 0.5) is 0 Å². The van der Waals surface area contributed by atoms with Crippen molar-refractivity contribution in [1.82, 2.24) is 15.0 Å². The Morgan fingerprint density at radius 2 is 1.96 bits per heavy atom. The van der Waals surface area contributed by atoms with Crippen molar-refractivity contribution >= 4 is 23.2 Å². The predicted octanol–water partition coefficient (Wildman–Crippen LogP) is 1.92. The highest BCUT2D eigenvalue weighted by atomic mass is 35.5. The molecule has 138 valence electrons. The van der Waals surface area contributed by atoms with Gasteiger partial charge in [-0.05, 0) is 37.6 Å². The number of nitrogens with zero attached hydrogens (tertiary/aromatic N) is 2. The van der Waals surface area contributed by atoms with E-state index in [2.05, 4.69) is 15.5 Å². The average molecular weight is 379 g/mol. The zero-order chi connectivity index (χ0) is 19.3. The lowest BCUT2D eigenvalue weighted by Crippen LogP contribution is -2.33. The number of hydrogen-bond acceptors (Lipinski definition) is 5. The Balaban J connectivity index is 2.45. The van der Waals surface area contributed by atoms with E-state index in [0.717, 1.165) is 11.0 Å². The molecule has 26 heavy (non-hydrogen) atoms. The highest BCUT2D eigenvalue weighted by molar-refractivity contribution is 6.30. The van der Waals surface area contributed by atoms with Gasteiger partial charge in [0.2, 0.25) is 11.8 Å². The Kier molecular flexibility index (Phi) is 6.35. The van der Waals surface area contributed by atoms with E-state index in [9.17, 15) is 19.5 Å². The third-order valence-corrected chi connectivity index (χ3v) is 3.89. The van der Waals surface area contributed by atoms with Crippen LogP contribution >= 0.6 is 11.6 Å². The van der Waals surface area contributed by atoms with Crippen LogP contribution in [0.15, 0.2) is 39.0 Å². The lowest BCUT2D eigenvalue weighted by Gasteiger charge is -2.11. The van der Waals surface area contributed by atoms with Crippen LogP contribution in [0.5, 0.6) is 5.88 Å². The summed E-state index contributed by atoms with van der Waals surface area (Å²) in [7, 11) is 0. The van der Waals surface area contributed by atoms with E-state index in [1.165, 1.54) is 19.1 Å². The summed E-state index contributed by atoms with van der Waals surface area (Å²) in [6.07, 6.45) is 1.89. The van der Waals surface area contributed by atoms with Crippen molar-refractivity contribution in [3.8, 4) is 11.6 Å². The highest BCUT2D eigenvalue weighted by Crippen LogP contribution is 2.18. The smallest absolute Gasteiger partial charge is 0.335 e. The van der Waals surface area contributed by atoms with Crippen molar-refractivity contribution in [3.05, 3.63) is 55.7 Å². The maximum Gasteiger partial charge on any atom is 0.335 e. The summed E-state index contributed by atoms with van der Waals surface area (Å²) in [6, 6.07) is 6.12. The number of rotatable bonds is 6. The SMILES string of the molecule is CCCCC(=O)N/N=C(\C)c1c(O)n(-c2ccc(Cl)cc2)c(=O)[nH]c1=O. The maximum atomic E-state index is 12.1. The van der Waals surface area contributed by atoms with E-state index < -0.39 is 17.1 Å². The molecule has 0 saturated carbocycles. The predicted molar refractivity (Wildman–Crippen MR) is 99.2 cm³/mol. The largest absolute Gasteiger partial charge is 0.493 e. The van der Waals surface area contributed by atoms with Gasteiger partial charge in [0.1, 0.15) is 5.56 Å². The minimum absolute atomic E-state index is 0.0660. The number of unbranched alkanes of at least 4 members (excludes halogenated alkanes) is 1. The van der Waals surface area contributed by atoms with Gasteiger partial charge >= 0.3 is 5.69 Å². The monoisotopic (exact) mass is 378 g/mol. The normalized spacial score (nSPS) is 11.4. The number of hydrazone groups is 1. The average Bonchev–Trinajstić information content (AvgIpc) is 2.59. The molecule has 0 radical (unpaired) electrons. The second-order valence-corrected chi connectivity index (χ2v) is 6.04. The van der Waals surface area contributed by atoms with Gasteiger partial charge in [-0.3, -0.25) is 14.6 Å². The van der Waals surface area contributed by atoms with E-state index in [1.54, 1.807) is 12.1 Å². The zero-order valence-corrected chi connectivity index (χ0v) is 15.1. The number of benzene rings is 1. The number of nitrogens with one attached hydrogen (secondary N) is 2. The Morgan fingerprint density at radius 3 is 2.58 bits per heavy atom. The molecule has 0 aliphatic heterocycles. The van der Waals surface area contributed by atoms with Crippen molar-refractivity contribution in [3.63, 3.8) is 0 Å². The number of aromatic hydroxyl groups is 1. The summed E-state index contributed by atoms with van der Waals surface area (Å²) in [5.74, 6) is -0.877. The fraction of sp³-hybridized carbons (Fsp3) is 0.294. The Morgan fingerprint density at radius 1 is 1.31 bits per heavy atom. The van der Waals surface area contributed by atoms with Crippen molar-refractivity contribution in [2.24, 2.45) is 5.10 Å². The Hall–Kier alpha value is -2.87. The van der Waals surface area contributed by atoms with Crippen LogP contribution in [0.1, 0.15) is 38.7 Å². The van der Waals surface area contributed by atoms with Gasteiger partial charge in [-0.2, -0.15) is 5.10 Å². The van der Waals surface area contributed by atoms with Crippen LogP contribution in [0.3, 0.4) is 0 Å². The van der Waals surface area contributed by atoms with Crippen LogP contribution in [-0.4, -0.2) is 26.3 Å². The third-order valence-electron chi connectivity index (χ3n) is 3.64. The van der Waals surface area contributed by atoms with E-state index in [4.69, 9.17) is 11.6 Å². The third kappa shape index (κ3) is 4.40. The van der Waals surface area contributed by atoms with E-state index in [1.807, 2.05) is 6.92 Å². The molecular formula is C17H19ClN4O4. The molecule has 1 aromatic carbocycles. The molecule has 0 aliphatic rings. The first-order valence-electron chi connectivity index (χ1n) is 8.03. The number of halogens is 1. The van der Waals surface area contributed by atoms with E-state index in [0.29, 0.717) is 23.6 Å². The van der Waals surface area contributed by atoms with Crippen LogP contribution in [-0.2, 0) is 4.79 Å². The van der Waals surface area contributed by atoms with Crippen molar-refractivity contribution in [2.75, 3.05) is 0 Å². The molecule has 0 spiro atoms. The van der Waals surface area contributed by atoms with Crippen molar-refractivity contribution in [2.45, 2.75) is 33.1 Å². The quantitative estimate of drug-likeness (QED) is 0.525. The lowest BCUT2D eigenvalue weighted by molar-refractivity contribution is -0.121. The van der Waals surface area contributed by atoms with Gasteiger partial charge in [0, 0.05) is 11.4 Å².